The number of benzene rings is 1. The minimum Gasteiger partial charge on any atom is -0.497 e. The summed E-state index contributed by atoms with van der Waals surface area (Å²) in [6.45, 7) is -0.710. The van der Waals surface area contributed by atoms with Crippen molar-refractivity contribution >= 4 is 15.9 Å². The van der Waals surface area contributed by atoms with Gasteiger partial charge in [0.15, 0.2) is 0 Å². The first-order chi connectivity index (χ1) is 8.95. The molecule has 0 radical (unpaired) electrons. The van der Waals surface area contributed by atoms with Gasteiger partial charge < -0.3 is 9.47 Å². The van der Waals surface area contributed by atoms with Crippen LogP contribution in [0.5, 0.6) is 5.75 Å². The summed E-state index contributed by atoms with van der Waals surface area (Å²) in [6, 6.07) is 2.12. The van der Waals surface area contributed by atoms with E-state index >= 15 is 0 Å². The molecule has 1 aromatic rings. The fourth-order valence-corrected chi connectivity index (χ4v) is 2.11. The third-order valence-corrected chi connectivity index (χ3v) is 3.28. The van der Waals surface area contributed by atoms with Crippen LogP contribution in [0.25, 0.3) is 0 Å². The zero-order valence-electron chi connectivity index (χ0n) is 10.1. The molecule has 0 saturated carbocycles. The van der Waals surface area contributed by atoms with Crippen LogP contribution in [-0.4, -0.2) is 26.7 Å². The van der Waals surface area contributed by atoms with Crippen molar-refractivity contribution in [2.45, 2.75) is 17.7 Å². The molecule has 0 heterocycles. The zero-order chi connectivity index (χ0) is 14.4. The molecule has 0 fully saturated rings. The van der Waals surface area contributed by atoms with Crippen molar-refractivity contribution in [2.75, 3.05) is 20.3 Å². The summed E-state index contributed by atoms with van der Waals surface area (Å²) >= 11 is 3.11. The standard InChI is InChI=1S/C12H13BrF4O2/c1-18-7-4-9(14)12(10(15)5-7)8(13)2-3-19-6-11(16)17/h4-5,8,11H,2-3,6H2,1H3. The molecule has 0 saturated heterocycles. The monoisotopic (exact) mass is 344 g/mol. The molecule has 0 aliphatic heterocycles. The van der Waals surface area contributed by atoms with E-state index in [-0.39, 0.29) is 24.3 Å². The minimum absolute atomic E-state index is 0.0227. The first kappa shape index (κ1) is 16.2. The van der Waals surface area contributed by atoms with Crippen LogP contribution >= 0.6 is 15.9 Å². The van der Waals surface area contributed by atoms with E-state index in [0.717, 1.165) is 12.1 Å². The Morgan fingerprint density at radius 1 is 1.21 bits per heavy atom. The normalized spacial score (nSPS) is 12.8. The van der Waals surface area contributed by atoms with Crippen molar-refractivity contribution in [3.05, 3.63) is 29.3 Å². The van der Waals surface area contributed by atoms with E-state index in [1.54, 1.807) is 0 Å². The van der Waals surface area contributed by atoms with Crippen LogP contribution in [0.2, 0.25) is 0 Å². The van der Waals surface area contributed by atoms with Gasteiger partial charge in [0.2, 0.25) is 0 Å². The highest BCUT2D eigenvalue weighted by molar-refractivity contribution is 9.09. The second kappa shape index (κ2) is 7.69. The minimum atomic E-state index is -2.55. The molecule has 1 unspecified atom stereocenters. The number of hydrogen-bond donors (Lipinski definition) is 0. The number of ether oxygens (including phenoxy) is 2. The molecule has 1 atom stereocenters. The van der Waals surface area contributed by atoms with Crippen molar-refractivity contribution in [1.82, 2.24) is 0 Å². The summed E-state index contributed by atoms with van der Waals surface area (Å²) in [6.07, 6.45) is -2.38. The summed E-state index contributed by atoms with van der Waals surface area (Å²) < 4.78 is 60.4. The Kier molecular flexibility index (Phi) is 6.57. The Bertz CT molecular complexity index is 392. The van der Waals surface area contributed by atoms with Crippen molar-refractivity contribution in [2.24, 2.45) is 0 Å². The van der Waals surface area contributed by atoms with Gasteiger partial charge in [-0.05, 0) is 6.42 Å². The molecule has 0 amide bonds. The number of hydrogen-bond acceptors (Lipinski definition) is 2. The number of methoxy groups -OCH3 is 1. The second-order valence-electron chi connectivity index (χ2n) is 3.73. The molecular formula is C12H13BrF4O2. The summed E-state index contributed by atoms with van der Waals surface area (Å²) in [5.74, 6) is -1.44. The largest absolute Gasteiger partial charge is 0.497 e. The van der Waals surface area contributed by atoms with Gasteiger partial charge >= 0.3 is 0 Å². The smallest absolute Gasteiger partial charge is 0.261 e. The Morgan fingerprint density at radius 3 is 2.26 bits per heavy atom. The molecule has 0 bridgehead atoms. The van der Waals surface area contributed by atoms with E-state index in [4.69, 9.17) is 4.74 Å². The lowest BCUT2D eigenvalue weighted by atomic mass is 10.1. The summed E-state index contributed by atoms with van der Waals surface area (Å²) in [7, 11) is 1.30. The first-order valence-electron chi connectivity index (χ1n) is 5.48. The lowest BCUT2D eigenvalue weighted by molar-refractivity contribution is 0.0166. The third kappa shape index (κ3) is 4.99. The highest BCUT2D eigenvalue weighted by Crippen LogP contribution is 2.33. The van der Waals surface area contributed by atoms with E-state index in [1.807, 2.05) is 0 Å². The first-order valence-corrected chi connectivity index (χ1v) is 6.40. The van der Waals surface area contributed by atoms with E-state index in [1.165, 1.54) is 7.11 Å². The number of rotatable bonds is 7. The summed E-state index contributed by atoms with van der Waals surface area (Å²) in [5.41, 5.74) is -0.165. The lowest BCUT2D eigenvalue weighted by Gasteiger charge is -2.13. The van der Waals surface area contributed by atoms with Gasteiger partial charge in [-0.1, -0.05) is 15.9 Å². The number of alkyl halides is 3. The van der Waals surface area contributed by atoms with Crippen molar-refractivity contribution in [3.8, 4) is 5.75 Å². The molecule has 1 aromatic carbocycles. The molecule has 0 aliphatic carbocycles. The van der Waals surface area contributed by atoms with Crippen LogP contribution < -0.4 is 4.74 Å². The van der Waals surface area contributed by atoms with E-state index in [9.17, 15) is 17.6 Å². The Labute approximate surface area is 116 Å². The van der Waals surface area contributed by atoms with Crippen molar-refractivity contribution in [1.29, 1.82) is 0 Å². The molecule has 2 nitrogen and oxygen atoms in total. The maximum Gasteiger partial charge on any atom is 0.261 e. The topological polar surface area (TPSA) is 18.5 Å². The second-order valence-corrected chi connectivity index (χ2v) is 4.83. The summed E-state index contributed by atoms with van der Waals surface area (Å²) in [5, 5.41) is 0. The maximum absolute atomic E-state index is 13.7. The molecule has 108 valence electrons. The maximum atomic E-state index is 13.7. The molecular weight excluding hydrogens is 332 g/mol. The van der Waals surface area contributed by atoms with Gasteiger partial charge in [-0.15, -0.1) is 0 Å². The Morgan fingerprint density at radius 2 is 1.79 bits per heavy atom. The molecule has 0 aliphatic rings. The van der Waals surface area contributed by atoms with Crippen LogP contribution in [-0.2, 0) is 4.74 Å². The van der Waals surface area contributed by atoms with Crippen LogP contribution in [0, 0.1) is 11.6 Å². The highest BCUT2D eigenvalue weighted by Gasteiger charge is 2.19. The van der Waals surface area contributed by atoms with Crippen LogP contribution in [0.1, 0.15) is 16.8 Å². The predicted molar refractivity (Wildman–Crippen MR) is 66.0 cm³/mol. The fourth-order valence-electron chi connectivity index (χ4n) is 1.48. The predicted octanol–water partition coefficient (Wildman–Crippen LogP) is 4.08. The van der Waals surface area contributed by atoms with Crippen molar-refractivity contribution < 1.29 is 27.0 Å². The zero-order valence-corrected chi connectivity index (χ0v) is 11.7. The molecule has 0 spiro atoms. The Hall–Kier alpha value is -0.820. The molecule has 0 aromatic heterocycles. The van der Waals surface area contributed by atoms with E-state index in [2.05, 4.69) is 20.7 Å². The molecule has 19 heavy (non-hydrogen) atoms. The van der Waals surface area contributed by atoms with Gasteiger partial charge in [0.05, 0.1) is 7.11 Å². The van der Waals surface area contributed by atoms with Crippen LogP contribution in [0.4, 0.5) is 17.6 Å². The van der Waals surface area contributed by atoms with E-state index < -0.39 is 29.5 Å². The SMILES string of the molecule is COc1cc(F)c(C(Br)CCOCC(F)F)c(F)c1. The van der Waals surface area contributed by atoms with Gasteiger partial charge in [0, 0.05) is 29.1 Å². The Balaban J connectivity index is 2.64. The van der Waals surface area contributed by atoms with Gasteiger partial charge in [-0.25, -0.2) is 17.6 Å². The molecule has 1 rings (SSSR count). The molecule has 7 heteroatoms. The van der Waals surface area contributed by atoms with Gasteiger partial charge in [-0.2, -0.15) is 0 Å². The van der Waals surface area contributed by atoms with Gasteiger partial charge in [0.25, 0.3) is 6.43 Å². The van der Waals surface area contributed by atoms with Gasteiger partial charge in [-0.3, -0.25) is 0 Å². The summed E-state index contributed by atoms with van der Waals surface area (Å²) in [4.78, 5) is -0.656. The van der Waals surface area contributed by atoms with Crippen molar-refractivity contribution in [3.63, 3.8) is 0 Å². The average Bonchev–Trinajstić information content (AvgIpc) is 2.33. The molecule has 0 N–H and O–H groups in total. The highest BCUT2D eigenvalue weighted by atomic mass is 79.9. The van der Waals surface area contributed by atoms with E-state index in [0.29, 0.717) is 0 Å². The van der Waals surface area contributed by atoms with Crippen LogP contribution in [0.15, 0.2) is 12.1 Å². The lowest BCUT2D eigenvalue weighted by Crippen LogP contribution is -2.08. The quantitative estimate of drug-likeness (QED) is 0.421. The van der Waals surface area contributed by atoms with Crippen LogP contribution in [0.3, 0.4) is 0 Å². The average molecular weight is 345 g/mol. The fraction of sp³-hybridized carbons (Fsp3) is 0.500. The number of halogens is 5. The van der Waals surface area contributed by atoms with Gasteiger partial charge in [0.1, 0.15) is 24.0 Å². The third-order valence-electron chi connectivity index (χ3n) is 2.36.